The Hall–Kier alpha value is -1.64. The molecule has 108 valence electrons. The van der Waals surface area contributed by atoms with Gasteiger partial charge in [-0.25, -0.2) is 13.4 Å². The molecule has 0 amide bonds. The number of aromatic nitrogens is 1. The highest BCUT2D eigenvalue weighted by molar-refractivity contribution is 7.93. The molecule has 6 nitrogen and oxygen atoms in total. The topological polar surface area (TPSA) is 97.1 Å². The molecule has 0 aliphatic rings. The third kappa shape index (κ3) is 3.09. The van der Waals surface area contributed by atoms with Crippen LogP contribution in [0.3, 0.4) is 0 Å². The maximum atomic E-state index is 12.2. The Kier molecular flexibility index (Phi) is 4.26. The van der Waals surface area contributed by atoms with Gasteiger partial charge >= 0.3 is 0 Å². The quantitative estimate of drug-likeness (QED) is 0.580. The Morgan fingerprint density at radius 3 is 2.45 bits per heavy atom. The molecule has 0 atom stereocenters. The predicted molar refractivity (Wildman–Crippen MR) is 81.3 cm³/mol. The van der Waals surface area contributed by atoms with Gasteiger partial charge in [0.15, 0.2) is 5.13 Å². The number of anilines is 2. The summed E-state index contributed by atoms with van der Waals surface area (Å²) in [6.45, 7) is 3.91. The molecule has 0 bridgehead atoms. The third-order valence-corrected chi connectivity index (χ3v) is 5.19. The molecule has 4 N–H and O–H groups in total. The minimum Gasteiger partial charge on any atom is -0.324 e. The Labute approximate surface area is 122 Å². The summed E-state index contributed by atoms with van der Waals surface area (Å²) in [5, 5.41) is 0.389. The fraction of sp³-hybridized carbons (Fsp3) is 0.250. The molecule has 8 heteroatoms. The van der Waals surface area contributed by atoms with E-state index >= 15 is 0 Å². The lowest BCUT2D eigenvalue weighted by Gasteiger charge is -2.06. The van der Waals surface area contributed by atoms with Gasteiger partial charge < -0.3 is 5.43 Å². The number of hydrazine groups is 1. The first-order chi connectivity index (χ1) is 9.46. The Bertz CT molecular complexity index is 693. The van der Waals surface area contributed by atoms with E-state index in [1.807, 2.05) is 13.8 Å². The van der Waals surface area contributed by atoms with Crippen molar-refractivity contribution < 1.29 is 8.42 Å². The van der Waals surface area contributed by atoms with Crippen LogP contribution in [0.2, 0.25) is 0 Å². The molecule has 20 heavy (non-hydrogen) atoms. The van der Waals surface area contributed by atoms with E-state index < -0.39 is 10.0 Å². The van der Waals surface area contributed by atoms with Crippen molar-refractivity contribution in [2.75, 3.05) is 10.1 Å². The lowest BCUT2D eigenvalue weighted by Crippen LogP contribution is -2.13. The summed E-state index contributed by atoms with van der Waals surface area (Å²) in [5.41, 5.74) is 4.00. The number of nitrogens with two attached hydrogens (primary N) is 1. The summed E-state index contributed by atoms with van der Waals surface area (Å²) in [4.78, 5) is 5.46. The number of nitrogens with zero attached hydrogens (tertiary/aromatic N) is 1. The SMILES string of the molecule is CCc1nc(NS(=O)(=O)c2ccc(NN)cc2)sc1C. The van der Waals surface area contributed by atoms with Crippen LogP contribution < -0.4 is 16.0 Å². The Balaban J connectivity index is 2.25. The molecule has 0 saturated carbocycles. The summed E-state index contributed by atoms with van der Waals surface area (Å²) in [6.07, 6.45) is 0.779. The standard InChI is InChI=1S/C12H16N4O2S2/c1-3-11-8(2)19-12(14-11)16-20(17,18)10-6-4-9(15-13)5-7-10/h4-7,15H,3,13H2,1-2H3,(H,14,16). The average molecular weight is 312 g/mol. The van der Waals surface area contributed by atoms with Gasteiger partial charge in [-0.15, -0.1) is 11.3 Å². The number of hydrogen-bond acceptors (Lipinski definition) is 6. The molecular weight excluding hydrogens is 296 g/mol. The van der Waals surface area contributed by atoms with Gasteiger partial charge in [0, 0.05) is 10.6 Å². The molecule has 0 unspecified atom stereocenters. The van der Waals surface area contributed by atoms with Crippen LogP contribution in [-0.2, 0) is 16.4 Å². The van der Waals surface area contributed by atoms with Crippen molar-refractivity contribution in [3.63, 3.8) is 0 Å². The van der Waals surface area contributed by atoms with Crippen molar-refractivity contribution in [2.24, 2.45) is 5.84 Å². The molecule has 1 aromatic heterocycles. The maximum absolute atomic E-state index is 12.2. The molecule has 1 aromatic carbocycles. The summed E-state index contributed by atoms with van der Waals surface area (Å²) in [5.74, 6) is 5.24. The van der Waals surface area contributed by atoms with Crippen molar-refractivity contribution >= 4 is 32.2 Å². The number of sulfonamides is 1. The molecule has 0 spiro atoms. The van der Waals surface area contributed by atoms with Crippen LogP contribution in [0, 0.1) is 6.92 Å². The van der Waals surface area contributed by atoms with E-state index in [1.54, 1.807) is 12.1 Å². The average Bonchev–Trinajstić information content (AvgIpc) is 2.78. The number of nitrogen functional groups attached to an aromatic ring is 1. The zero-order chi connectivity index (χ0) is 14.8. The van der Waals surface area contributed by atoms with Gasteiger partial charge in [0.05, 0.1) is 10.6 Å². The van der Waals surface area contributed by atoms with Gasteiger partial charge in [0.25, 0.3) is 10.0 Å². The number of rotatable bonds is 5. The molecule has 1 heterocycles. The molecule has 0 aliphatic heterocycles. The van der Waals surface area contributed by atoms with Crippen LogP contribution in [-0.4, -0.2) is 13.4 Å². The Morgan fingerprint density at radius 1 is 1.30 bits per heavy atom. The van der Waals surface area contributed by atoms with Gasteiger partial charge in [-0.1, -0.05) is 6.92 Å². The number of nitrogens with one attached hydrogen (secondary N) is 2. The smallest absolute Gasteiger partial charge is 0.263 e. The monoisotopic (exact) mass is 312 g/mol. The van der Waals surface area contributed by atoms with Crippen molar-refractivity contribution in [2.45, 2.75) is 25.2 Å². The van der Waals surface area contributed by atoms with Gasteiger partial charge in [0.2, 0.25) is 0 Å². The van der Waals surface area contributed by atoms with Crippen molar-refractivity contribution in [1.82, 2.24) is 4.98 Å². The zero-order valence-electron chi connectivity index (χ0n) is 11.2. The number of aryl methyl sites for hydroxylation is 2. The van der Waals surface area contributed by atoms with Gasteiger partial charge in [-0.2, -0.15) is 0 Å². The molecular formula is C12H16N4O2S2. The largest absolute Gasteiger partial charge is 0.324 e. The lowest BCUT2D eigenvalue weighted by atomic mass is 10.3. The number of benzene rings is 1. The molecule has 0 saturated heterocycles. The first-order valence-electron chi connectivity index (χ1n) is 6.02. The second-order valence-corrected chi connectivity index (χ2v) is 7.04. The van der Waals surface area contributed by atoms with Crippen molar-refractivity contribution in [3.05, 3.63) is 34.8 Å². The third-order valence-electron chi connectivity index (χ3n) is 2.78. The lowest BCUT2D eigenvalue weighted by molar-refractivity contribution is 0.601. The van der Waals surface area contributed by atoms with Crippen LogP contribution >= 0.6 is 11.3 Å². The molecule has 0 radical (unpaired) electrons. The van der Waals surface area contributed by atoms with E-state index in [4.69, 9.17) is 5.84 Å². The van der Waals surface area contributed by atoms with Crippen LogP contribution in [0.5, 0.6) is 0 Å². The van der Waals surface area contributed by atoms with Gasteiger partial charge in [-0.05, 0) is 37.6 Å². The first-order valence-corrected chi connectivity index (χ1v) is 8.32. The van der Waals surface area contributed by atoms with E-state index in [0.29, 0.717) is 10.8 Å². The van der Waals surface area contributed by atoms with Crippen LogP contribution in [0.1, 0.15) is 17.5 Å². The number of thiazole rings is 1. The van der Waals surface area contributed by atoms with Crippen LogP contribution in [0.25, 0.3) is 0 Å². The van der Waals surface area contributed by atoms with Crippen molar-refractivity contribution in [3.8, 4) is 0 Å². The molecule has 2 aromatic rings. The minimum absolute atomic E-state index is 0.169. The number of hydrogen-bond donors (Lipinski definition) is 3. The van der Waals surface area contributed by atoms with E-state index in [-0.39, 0.29) is 4.90 Å². The minimum atomic E-state index is -3.62. The second-order valence-electron chi connectivity index (χ2n) is 4.15. The summed E-state index contributed by atoms with van der Waals surface area (Å²) in [7, 11) is -3.62. The van der Waals surface area contributed by atoms with E-state index in [9.17, 15) is 8.42 Å². The van der Waals surface area contributed by atoms with Gasteiger partial charge in [-0.3, -0.25) is 10.6 Å². The van der Waals surface area contributed by atoms with E-state index in [1.165, 1.54) is 23.5 Å². The maximum Gasteiger partial charge on any atom is 0.263 e. The summed E-state index contributed by atoms with van der Waals surface area (Å²) in [6, 6.07) is 6.16. The van der Waals surface area contributed by atoms with Crippen LogP contribution in [0.4, 0.5) is 10.8 Å². The fourth-order valence-corrected chi connectivity index (χ4v) is 3.84. The van der Waals surface area contributed by atoms with Gasteiger partial charge in [0.1, 0.15) is 0 Å². The first kappa shape index (κ1) is 14.8. The summed E-state index contributed by atoms with van der Waals surface area (Å²) >= 11 is 1.33. The molecule has 0 fully saturated rings. The highest BCUT2D eigenvalue weighted by Gasteiger charge is 2.17. The zero-order valence-corrected chi connectivity index (χ0v) is 12.8. The predicted octanol–water partition coefficient (Wildman–Crippen LogP) is 2.10. The fourth-order valence-electron chi connectivity index (χ4n) is 1.70. The second kappa shape index (κ2) is 5.78. The Morgan fingerprint density at radius 2 is 1.95 bits per heavy atom. The normalized spacial score (nSPS) is 11.3. The summed E-state index contributed by atoms with van der Waals surface area (Å²) < 4.78 is 26.9. The molecule has 2 rings (SSSR count). The molecule has 0 aliphatic carbocycles. The van der Waals surface area contributed by atoms with E-state index in [0.717, 1.165) is 17.0 Å². The highest BCUT2D eigenvalue weighted by atomic mass is 32.2. The van der Waals surface area contributed by atoms with Crippen molar-refractivity contribution in [1.29, 1.82) is 0 Å². The van der Waals surface area contributed by atoms with E-state index in [2.05, 4.69) is 15.1 Å². The van der Waals surface area contributed by atoms with Crippen LogP contribution in [0.15, 0.2) is 29.2 Å². The highest BCUT2D eigenvalue weighted by Crippen LogP contribution is 2.25.